The summed E-state index contributed by atoms with van der Waals surface area (Å²) in [6, 6.07) is -0.219. The highest BCUT2D eigenvalue weighted by Gasteiger charge is 2.25. The number of ether oxygens (including phenoxy) is 1. The molecule has 7 heteroatoms. The van der Waals surface area contributed by atoms with E-state index in [0.717, 1.165) is 0 Å². The topological polar surface area (TPSA) is 75.7 Å². The van der Waals surface area contributed by atoms with Crippen LogP contribution in [0, 0.1) is 0 Å². The van der Waals surface area contributed by atoms with E-state index in [4.69, 9.17) is 4.74 Å². The van der Waals surface area contributed by atoms with Crippen molar-refractivity contribution in [2.45, 2.75) is 33.0 Å². The molecule has 0 aromatic heterocycles. The van der Waals surface area contributed by atoms with Crippen LogP contribution in [-0.2, 0) is 14.6 Å². The zero-order chi connectivity index (χ0) is 13.8. The number of hydrogen-bond donors (Lipinski definition) is 1. The van der Waals surface area contributed by atoms with Crippen LogP contribution in [0.4, 0.5) is 4.79 Å². The molecule has 0 unspecified atom stereocenters. The van der Waals surface area contributed by atoms with Gasteiger partial charge >= 0.3 is 6.03 Å². The van der Waals surface area contributed by atoms with Crippen molar-refractivity contribution in [3.63, 3.8) is 0 Å². The fraction of sp³-hybridized carbons (Fsp3) is 0.909. The van der Waals surface area contributed by atoms with Gasteiger partial charge in [-0.25, -0.2) is 13.2 Å². The Hall–Kier alpha value is -0.820. The van der Waals surface area contributed by atoms with Gasteiger partial charge in [-0.15, -0.1) is 0 Å². The van der Waals surface area contributed by atoms with E-state index in [1.165, 1.54) is 0 Å². The molecule has 0 aliphatic carbocycles. The Bertz CT molecular complexity index is 373. The Morgan fingerprint density at radius 1 is 1.33 bits per heavy atom. The van der Waals surface area contributed by atoms with Crippen molar-refractivity contribution < 1.29 is 17.9 Å². The molecule has 0 bridgehead atoms. The van der Waals surface area contributed by atoms with E-state index in [2.05, 4.69) is 5.32 Å². The molecule has 1 saturated heterocycles. The second-order valence-electron chi connectivity index (χ2n) is 4.63. The van der Waals surface area contributed by atoms with Gasteiger partial charge in [0.05, 0.1) is 18.0 Å². The first-order valence-corrected chi connectivity index (χ1v) is 8.05. The van der Waals surface area contributed by atoms with Gasteiger partial charge in [0, 0.05) is 25.4 Å². The lowest BCUT2D eigenvalue weighted by Crippen LogP contribution is -2.52. The van der Waals surface area contributed by atoms with E-state index in [-0.39, 0.29) is 36.3 Å². The van der Waals surface area contributed by atoms with Gasteiger partial charge < -0.3 is 15.0 Å². The molecule has 1 aliphatic rings. The zero-order valence-corrected chi connectivity index (χ0v) is 12.0. The van der Waals surface area contributed by atoms with Gasteiger partial charge in [0.2, 0.25) is 0 Å². The standard InChI is InChI=1S/C11H22N2O4S/c1-4-18(15,16)6-5-12-11(14)13-7-9(2)17-10(3)8-13/h9-10H,4-8H2,1-3H3,(H,12,14)/t9-,10-/m1/s1. The molecule has 2 amide bonds. The number of nitrogens with one attached hydrogen (secondary N) is 1. The fourth-order valence-electron chi connectivity index (χ4n) is 1.91. The van der Waals surface area contributed by atoms with Gasteiger partial charge in [-0.05, 0) is 13.8 Å². The fourth-order valence-corrected chi connectivity index (χ4v) is 2.62. The van der Waals surface area contributed by atoms with Crippen LogP contribution in [0.2, 0.25) is 0 Å². The first-order valence-electron chi connectivity index (χ1n) is 6.22. The lowest BCUT2D eigenvalue weighted by Gasteiger charge is -2.35. The molecule has 2 atom stereocenters. The molecule has 1 aliphatic heterocycles. The van der Waals surface area contributed by atoms with E-state index in [9.17, 15) is 13.2 Å². The Kier molecular flexibility index (Phi) is 5.40. The van der Waals surface area contributed by atoms with E-state index in [1.54, 1.807) is 11.8 Å². The Labute approximate surface area is 109 Å². The van der Waals surface area contributed by atoms with Gasteiger partial charge in [0.1, 0.15) is 0 Å². The quantitative estimate of drug-likeness (QED) is 0.799. The molecule has 18 heavy (non-hydrogen) atoms. The third kappa shape index (κ3) is 4.81. The lowest BCUT2D eigenvalue weighted by atomic mass is 10.2. The number of urea groups is 1. The maximum atomic E-state index is 11.8. The Morgan fingerprint density at radius 2 is 1.89 bits per heavy atom. The van der Waals surface area contributed by atoms with Crippen molar-refractivity contribution in [1.29, 1.82) is 0 Å². The SMILES string of the molecule is CCS(=O)(=O)CCNC(=O)N1C[C@@H](C)O[C@H](C)C1. The molecule has 1 rings (SSSR count). The smallest absolute Gasteiger partial charge is 0.317 e. The predicted molar refractivity (Wildman–Crippen MR) is 69.3 cm³/mol. The van der Waals surface area contributed by atoms with Crippen LogP contribution in [0.5, 0.6) is 0 Å². The monoisotopic (exact) mass is 278 g/mol. The average molecular weight is 278 g/mol. The largest absolute Gasteiger partial charge is 0.372 e. The normalized spacial score (nSPS) is 24.9. The molecule has 1 fully saturated rings. The summed E-state index contributed by atoms with van der Waals surface area (Å²) in [6.07, 6.45) is 0.0257. The number of nitrogens with zero attached hydrogens (tertiary/aromatic N) is 1. The molecular formula is C11H22N2O4S. The molecule has 0 aromatic rings. The Balaban J connectivity index is 2.37. The molecule has 0 radical (unpaired) electrons. The molecule has 1 N–H and O–H groups in total. The van der Waals surface area contributed by atoms with Crippen molar-refractivity contribution in [2.75, 3.05) is 31.1 Å². The van der Waals surface area contributed by atoms with E-state index >= 15 is 0 Å². The van der Waals surface area contributed by atoms with Crippen LogP contribution in [0.15, 0.2) is 0 Å². The summed E-state index contributed by atoms with van der Waals surface area (Å²) in [5.41, 5.74) is 0. The lowest BCUT2D eigenvalue weighted by molar-refractivity contribution is -0.0544. The highest BCUT2D eigenvalue weighted by Crippen LogP contribution is 2.10. The highest BCUT2D eigenvalue weighted by molar-refractivity contribution is 7.91. The first kappa shape index (κ1) is 15.2. The van der Waals surface area contributed by atoms with E-state index < -0.39 is 9.84 Å². The summed E-state index contributed by atoms with van der Waals surface area (Å²) in [5, 5.41) is 2.64. The summed E-state index contributed by atoms with van der Waals surface area (Å²) in [6.45, 7) is 6.67. The maximum Gasteiger partial charge on any atom is 0.317 e. The van der Waals surface area contributed by atoms with Crippen molar-refractivity contribution in [1.82, 2.24) is 10.2 Å². The van der Waals surface area contributed by atoms with Crippen LogP contribution in [0.25, 0.3) is 0 Å². The number of carbonyl (C=O) groups excluding carboxylic acids is 1. The third-order valence-electron chi connectivity index (χ3n) is 2.84. The van der Waals surface area contributed by atoms with Gasteiger partial charge in [-0.3, -0.25) is 0 Å². The van der Waals surface area contributed by atoms with Crippen molar-refractivity contribution in [2.24, 2.45) is 0 Å². The number of carbonyl (C=O) groups is 1. The minimum Gasteiger partial charge on any atom is -0.372 e. The zero-order valence-electron chi connectivity index (χ0n) is 11.2. The Morgan fingerprint density at radius 3 is 2.39 bits per heavy atom. The van der Waals surface area contributed by atoms with Crippen molar-refractivity contribution in [3.8, 4) is 0 Å². The molecule has 0 saturated carbocycles. The minimum absolute atomic E-state index is 0.00924. The molecule has 106 valence electrons. The number of rotatable bonds is 4. The molecule has 0 spiro atoms. The van der Waals surface area contributed by atoms with E-state index in [1.807, 2.05) is 13.8 Å². The summed E-state index contributed by atoms with van der Waals surface area (Å²) < 4.78 is 28.1. The first-order chi connectivity index (χ1) is 8.34. The van der Waals surface area contributed by atoms with Crippen LogP contribution in [-0.4, -0.2) is 62.7 Å². The molecule has 1 heterocycles. The second kappa shape index (κ2) is 6.38. The van der Waals surface area contributed by atoms with Crippen LogP contribution in [0.1, 0.15) is 20.8 Å². The summed E-state index contributed by atoms with van der Waals surface area (Å²) in [5.74, 6) is 0.0964. The average Bonchev–Trinajstić information content (AvgIpc) is 2.27. The molecule has 6 nitrogen and oxygen atoms in total. The number of sulfone groups is 1. The van der Waals surface area contributed by atoms with Crippen LogP contribution >= 0.6 is 0 Å². The second-order valence-corrected chi connectivity index (χ2v) is 7.10. The van der Waals surface area contributed by atoms with Gasteiger partial charge in [0.15, 0.2) is 9.84 Å². The number of amides is 2. The predicted octanol–water partition coefficient (Wildman–Crippen LogP) is 0.240. The molecular weight excluding hydrogens is 256 g/mol. The molecule has 0 aromatic carbocycles. The van der Waals surface area contributed by atoms with Crippen molar-refractivity contribution >= 4 is 15.9 Å². The number of hydrogen-bond acceptors (Lipinski definition) is 4. The van der Waals surface area contributed by atoms with Gasteiger partial charge in [-0.2, -0.15) is 0 Å². The van der Waals surface area contributed by atoms with Crippen LogP contribution in [0.3, 0.4) is 0 Å². The van der Waals surface area contributed by atoms with Gasteiger partial charge in [0.25, 0.3) is 0 Å². The highest BCUT2D eigenvalue weighted by atomic mass is 32.2. The van der Waals surface area contributed by atoms with Crippen LogP contribution < -0.4 is 5.32 Å². The maximum absolute atomic E-state index is 11.8. The summed E-state index contributed by atoms with van der Waals surface area (Å²) in [4.78, 5) is 13.5. The third-order valence-corrected chi connectivity index (χ3v) is 4.54. The minimum atomic E-state index is -3.03. The van der Waals surface area contributed by atoms with E-state index in [0.29, 0.717) is 13.1 Å². The summed E-state index contributed by atoms with van der Waals surface area (Å²) in [7, 11) is -3.03. The van der Waals surface area contributed by atoms with Gasteiger partial charge in [-0.1, -0.05) is 6.92 Å². The number of morpholine rings is 1. The summed E-state index contributed by atoms with van der Waals surface area (Å²) >= 11 is 0. The van der Waals surface area contributed by atoms with Crippen molar-refractivity contribution in [3.05, 3.63) is 0 Å².